The third-order valence-electron chi connectivity index (χ3n) is 1.95. The van der Waals surface area contributed by atoms with Crippen LogP contribution >= 0.6 is 11.6 Å². The normalized spacial score (nSPS) is 10.1. The molecule has 1 aromatic heterocycles. The molecule has 0 atom stereocenters. The molecule has 5 heteroatoms. The van der Waals surface area contributed by atoms with Gasteiger partial charge in [0.05, 0.1) is 12.4 Å². The van der Waals surface area contributed by atoms with Crippen molar-refractivity contribution in [3.63, 3.8) is 0 Å². The third kappa shape index (κ3) is 2.84. The molecule has 16 heavy (non-hydrogen) atoms. The fourth-order valence-electron chi connectivity index (χ4n) is 1.14. The van der Waals surface area contributed by atoms with Crippen molar-refractivity contribution in [3.05, 3.63) is 47.2 Å². The van der Waals surface area contributed by atoms with E-state index in [0.717, 1.165) is 5.56 Å². The van der Waals surface area contributed by atoms with E-state index >= 15 is 0 Å². The van der Waals surface area contributed by atoms with Crippen molar-refractivity contribution in [2.45, 2.75) is 6.61 Å². The molecule has 1 aromatic carbocycles. The summed E-state index contributed by atoms with van der Waals surface area (Å²) in [6.07, 6.45) is 2.95. The van der Waals surface area contributed by atoms with Gasteiger partial charge < -0.3 is 10.5 Å². The van der Waals surface area contributed by atoms with Crippen molar-refractivity contribution >= 4 is 17.4 Å². The number of nitrogen functional groups attached to an aromatic ring is 1. The second kappa shape index (κ2) is 4.81. The molecule has 0 aliphatic carbocycles. The van der Waals surface area contributed by atoms with Crippen LogP contribution in [0.15, 0.2) is 36.7 Å². The molecule has 0 unspecified atom stereocenters. The van der Waals surface area contributed by atoms with Crippen molar-refractivity contribution in [2.24, 2.45) is 0 Å². The van der Waals surface area contributed by atoms with E-state index in [1.807, 2.05) is 24.3 Å². The number of benzene rings is 1. The second-order valence-electron chi connectivity index (χ2n) is 3.19. The lowest BCUT2D eigenvalue weighted by Crippen LogP contribution is -1.99. The number of ether oxygens (including phenoxy) is 1. The molecule has 0 aliphatic heterocycles. The predicted octanol–water partition coefficient (Wildman–Crippen LogP) is 2.29. The van der Waals surface area contributed by atoms with E-state index in [1.54, 1.807) is 0 Å². The van der Waals surface area contributed by atoms with Crippen LogP contribution in [0.3, 0.4) is 0 Å². The van der Waals surface area contributed by atoms with E-state index in [9.17, 15) is 0 Å². The van der Waals surface area contributed by atoms with E-state index < -0.39 is 0 Å². The summed E-state index contributed by atoms with van der Waals surface area (Å²) in [5.41, 5.74) is 6.42. The highest BCUT2D eigenvalue weighted by Gasteiger charge is 1.97. The number of hydrogen-bond donors (Lipinski definition) is 1. The van der Waals surface area contributed by atoms with Crippen molar-refractivity contribution in [2.75, 3.05) is 5.73 Å². The van der Waals surface area contributed by atoms with Gasteiger partial charge in [-0.05, 0) is 17.7 Å². The Labute approximate surface area is 98.0 Å². The molecule has 0 fully saturated rings. The molecular weight excluding hydrogens is 226 g/mol. The number of anilines is 1. The van der Waals surface area contributed by atoms with Crippen molar-refractivity contribution in [1.82, 2.24) is 9.97 Å². The summed E-state index contributed by atoms with van der Waals surface area (Å²) in [6, 6.07) is 7.42. The predicted molar refractivity (Wildman–Crippen MR) is 62.2 cm³/mol. The lowest BCUT2D eigenvalue weighted by atomic mass is 10.2. The molecule has 0 radical (unpaired) electrons. The first kappa shape index (κ1) is 10.7. The van der Waals surface area contributed by atoms with Crippen molar-refractivity contribution in [1.29, 1.82) is 0 Å². The highest BCUT2D eigenvalue weighted by molar-refractivity contribution is 6.30. The smallest absolute Gasteiger partial charge is 0.232 e. The van der Waals surface area contributed by atoms with Crippen LogP contribution in [0.5, 0.6) is 5.88 Å². The summed E-state index contributed by atoms with van der Waals surface area (Å²) in [6.45, 7) is 0.426. The van der Waals surface area contributed by atoms with Crippen LogP contribution in [-0.4, -0.2) is 9.97 Å². The van der Waals surface area contributed by atoms with Gasteiger partial charge in [-0.25, -0.2) is 9.97 Å². The lowest BCUT2D eigenvalue weighted by Gasteiger charge is -2.04. The summed E-state index contributed by atoms with van der Waals surface area (Å²) in [7, 11) is 0. The molecule has 1 heterocycles. The monoisotopic (exact) mass is 235 g/mol. The summed E-state index contributed by atoms with van der Waals surface area (Å²) >= 11 is 5.77. The molecule has 2 aromatic rings. The van der Waals surface area contributed by atoms with E-state index in [0.29, 0.717) is 23.3 Å². The molecule has 2 rings (SSSR count). The van der Waals surface area contributed by atoms with Crippen molar-refractivity contribution < 1.29 is 4.74 Å². The van der Waals surface area contributed by atoms with Gasteiger partial charge >= 0.3 is 0 Å². The SMILES string of the molecule is Nc1cnc(OCc2ccc(Cl)cc2)cn1. The maximum absolute atomic E-state index is 5.77. The molecule has 82 valence electrons. The van der Waals surface area contributed by atoms with Gasteiger partial charge in [-0.2, -0.15) is 0 Å². The first-order chi connectivity index (χ1) is 7.74. The van der Waals surface area contributed by atoms with Gasteiger partial charge in [0.25, 0.3) is 0 Å². The van der Waals surface area contributed by atoms with E-state index in [1.165, 1.54) is 12.4 Å². The van der Waals surface area contributed by atoms with Crippen LogP contribution < -0.4 is 10.5 Å². The molecule has 0 aliphatic rings. The topological polar surface area (TPSA) is 61.0 Å². The molecule has 4 nitrogen and oxygen atoms in total. The number of hydrogen-bond acceptors (Lipinski definition) is 4. The molecule has 0 bridgehead atoms. The van der Waals surface area contributed by atoms with Crippen LogP contribution in [0.1, 0.15) is 5.56 Å². The Bertz CT molecular complexity index is 410. The average Bonchev–Trinajstić information content (AvgIpc) is 2.30. The number of nitrogens with two attached hydrogens (primary N) is 1. The first-order valence-corrected chi connectivity index (χ1v) is 5.06. The molecule has 0 spiro atoms. The minimum absolute atomic E-state index is 0.374. The Hall–Kier alpha value is -1.81. The summed E-state index contributed by atoms with van der Waals surface area (Å²) in [5.74, 6) is 0.822. The lowest BCUT2D eigenvalue weighted by molar-refractivity contribution is 0.292. The molecule has 0 saturated heterocycles. The number of aromatic nitrogens is 2. The number of rotatable bonds is 3. The van der Waals surface area contributed by atoms with Crippen LogP contribution in [0, 0.1) is 0 Å². The number of nitrogens with zero attached hydrogens (tertiary/aromatic N) is 2. The zero-order valence-corrected chi connectivity index (χ0v) is 9.19. The molecular formula is C11H10ClN3O. The van der Waals surface area contributed by atoms with Crippen LogP contribution in [0.2, 0.25) is 5.02 Å². The Morgan fingerprint density at radius 1 is 1.12 bits per heavy atom. The van der Waals surface area contributed by atoms with Gasteiger partial charge in [0.15, 0.2) is 0 Å². The largest absolute Gasteiger partial charge is 0.472 e. The molecule has 0 amide bonds. The van der Waals surface area contributed by atoms with E-state index in [4.69, 9.17) is 22.1 Å². The van der Waals surface area contributed by atoms with Crippen molar-refractivity contribution in [3.8, 4) is 5.88 Å². The summed E-state index contributed by atoms with van der Waals surface area (Å²) in [4.78, 5) is 7.85. The maximum atomic E-state index is 5.77. The van der Waals surface area contributed by atoms with Crippen LogP contribution in [0.4, 0.5) is 5.82 Å². The fourth-order valence-corrected chi connectivity index (χ4v) is 1.26. The Kier molecular flexibility index (Phi) is 3.22. The Balaban J connectivity index is 1.97. The standard InChI is InChI=1S/C11H10ClN3O/c12-9-3-1-8(2-4-9)7-16-11-6-14-10(13)5-15-11/h1-6H,7H2,(H2,13,14). The van der Waals surface area contributed by atoms with E-state index in [-0.39, 0.29) is 0 Å². The van der Waals surface area contributed by atoms with Gasteiger partial charge in [-0.15, -0.1) is 0 Å². The minimum Gasteiger partial charge on any atom is -0.472 e. The van der Waals surface area contributed by atoms with Crippen LogP contribution in [0.25, 0.3) is 0 Å². The zero-order valence-electron chi connectivity index (χ0n) is 8.43. The van der Waals surface area contributed by atoms with Gasteiger partial charge in [-0.1, -0.05) is 23.7 Å². The second-order valence-corrected chi connectivity index (χ2v) is 3.63. The average molecular weight is 236 g/mol. The Morgan fingerprint density at radius 2 is 1.88 bits per heavy atom. The number of halogens is 1. The maximum Gasteiger partial charge on any atom is 0.232 e. The van der Waals surface area contributed by atoms with Gasteiger partial charge in [0, 0.05) is 5.02 Å². The minimum atomic E-state index is 0.374. The highest BCUT2D eigenvalue weighted by atomic mass is 35.5. The quantitative estimate of drug-likeness (QED) is 0.887. The zero-order chi connectivity index (χ0) is 11.4. The Morgan fingerprint density at radius 3 is 2.50 bits per heavy atom. The van der Waals surface area contributed by atoms with Crippen LogP contribution in [-0.2, 0) is 6.61 Å². The van der Waals surface area contributed by atoms with Gasteiger partial charge in [0.1, 0.15) is 12.4 Å². The first-order valence-electron chi connectivity index (χ1n) is 4.69. The summed E-state index contributed by atoms with van der Waals surface area (Å²) in [5, 5.41) is 0.705. The van der Waals surface area contributed by atoms with Gasteiger partial charge in [0.2, 0.25) is 5.88 Å². The third-order valence-corrected chi connectivity index (χ3v) is 2.20. The molecule has 0 saturated carbocycles. The van der Waals surface area contributed by atoms with Gasteiger partial charge in [-0.3, -0.25) is 0 Å². The van der Waals surface area contributed by atoms with E-state index in [2.05, 4.69) is 9.97 Å². The highest BCUT2D eigenvalue weighted by Crippen LogP contribution is 2.12. The summed E-state index contributed by atoms with van der Waals surface area (Å²) < 4.78 is 5.41. The fraction of sp³-hybridized carbons (Fsp3) is 0.0909. The molecule has 2 N–H and O–H groups in total.